The fraction of sp³-hybridized carbons (Fsp3) is 0.500. The summed E-state index contributed by atoms with van der Waals surface area (Å²) in [5, 5.41) is 11.9. The minimum absolute atomic E-state index is 0.0308. The van der Waals surface area contributed by atoms with Crippen molar-refractivity contribution in [2.75, 3.05) is 6.61 Å². The van der Waals surface area contributed by atoms with Gasteiger partial charge in [-0.05, 0) is 17.9 Å². The van der Waals surface area contributed by atoms with Crippen LogP contribution in [0.5, 0.6) is 0 Å². The van der Waals surface area contributed by atoms with E-state index in [1.807, 2.05) is 30.3 Å². The maximum absolute atomic E-state index is 11.5. The van der Waals surface area contributed by atoms with Crippen LogP contribution in [0.15, 0.2) is 30.3 Å². The van der Waals surface area contributed by atoms with Gasteiger partial charge in [0.25, 0.3) is 0 Å². The summed E-state index contributed by atoms with van der Waals surface area (Å²) in [6, 6.07) is 9.35. The summed E-state index contributed by atoms with van der Waals surface area (Å²) in [7, 11) is 0. The van der Waals surface area contributed by atoms with Gasteiger partial charge in [0.15, 0.2) is 0 Å². The monoisotopic (exact) mass is 249 g/mol. The highest BCUT2D eigenvalue weighted by Gasteiger charge is 2.26. The van der Waals surface area contributed by atoms with Gasteiger partial charge in [-0.3, -0.25) is 0 Å². The summed E-state index contributed by atoms with van der Waals surface area (Å²) in [5.74, 6) is 0.663. The Kier molecular flexibility index (Phi) is 4.59. The van der Waals surface area contributed by atoms with Gasteiger partial charge in [0.05, 0.1) is 12.6 Å². The van der Waals surface area contributed by atoms with E-state index in [9.17, 15) is 4.79 Å². The lowest BCUT2D eigenvalue weighted by Crippen LogP contribution is -2.38. The molecule has 1 aromatic rings. The Morgan fingerprint density at radius 1 is 1.39 bits per heavy atom. The molecular formula is C14H19NO3. The third kappa shape index (κ3) is 4.37. The molecule has 0 bridgehead atoms. The van der Waals surface area contributed by atoms with E-state index in [1.165, 1.54) is 12.8 Å². The van der Waals surface area contributed by atoms with Crippen LogP contribution in [0.4, 0.5) is 4.79 Å². The Morgan fingerprint density at radius 2 is 2.11 bits per heavy atom. The van der Waals surface area contributed by atoms with Gasteiger partial charge in [0, 0.05) is 0 Å². The van der Waals surface area contributed by atoms with Crippen LogP contribution >= 0.6 is 0 Å². The van der Waals surface area contributed by atoms with Crippen LogP contribution in [-0.4, -0.2) is 23.8 Å². The molecule has 98 valence electrons. The van der Waals surface area contributed by atoms with E-state index in [-0.39, 0.29) is 19.3 Å². The van der Waals surface area contributed by atoms with E-state index in [0.29, 0.717) is 5.92 Å². The lowest BCUT2D eigenvalue weighted by Gasteiger charge is -2.15. The van der Waals surface area contributed by atoms with Crippen LogP contribution in [0.1, 0.15) is 24.8 Å². The number of benzene rings is 1. The smallest absolute Gasteiger partial charge is 0.407 e. The zero-order valence-corrected chi connectivity index (χ0v) is 10.3. The number of carbonyl (C=O) groups excluding carboxylic acids is 1. The molecule has 1 amide bonds. The SMILES string of the molecule is O=C(NC(CO)CC1CC1)OCc1ccccc1. The van der Waals surface area contributed by atoms with Gasteiger partial charge >= 0.3 is 6.09 Å². The van der Waals surface area contributed by atoms with Crippen LogP contribution < -0.4 is 5.32 Å². The van der Waals surface area contributed by atoms with Gasteiger partial charge in [-0.1, -0.05) is 43.2 Å². The van der Waals surface area contributed by atoms with Gasteiger partial charge < -0.3 is 15.2 Å². The molecule has 0 aromatic heterocycles. The van der Waals surface area contributed by atoms with E-state index in [1.54, 1.807) is 0 Å². The molecule has 0 spiro atoms. The van der Waals surface area contributed by atoms with Gasteiger partial charge in [0.2, 0.25) is 0 Å². The molecule has 1 aliphatic rings. The first-order valence-electron chi connectivity index (χ1n) is 6.36. The fourth-order valence-corrected chi connectivity index (χ4v) is 1.87. The van der Waals surface area contributed by atoms with Crippen LogP contribution in [0.3, 0.4) is 0 Å². The summed E-state index contributed by atoms with van der Waals surface area (Å²) in [5.41, 5.74) is 0.954. The number of aliphatic hydroxyl groups is 1. The lowest BCUT2D eigenvalue weighted by molar-refractivity contribution is 0.127. The number of amides is 1. The van der Waals surface area contributed by atoms with Crippen molar-refractivity contribution in [3.63, 3.8) is 0 Å². The number of aliphatic hydroxyl groups excluding tert-OH is 1. The molecule has 1 atom stereocenters. The van der Waals surface area contributed by atoms with Crippen LogP contribution in [0, 0.1) is 5.92 Å². The Balaban J connectivity index is 1.70. The summed E-state index contributed by atoms with van der Waals surface area (Å²) in [6.07, 6.45) is 2.80. The highest BCUT2D eigenvalue weighted by molar-refractivity contribution is 5.67. The van der Waals surface area contributed by atoms with E-state index in [0.717, 1.165) is 12.0 Å². The molecule has 1 aliphatic carbocycles. The highest BCUT2D eigenvalue weighted by atomic mass is 16.5. The molecule has 0 radical (unpaired) electrons. The summed E-state index contributed by atoms with van der Waals surface area (Å²) >= 11 is 0. The summed E-state index contributed by atoms with van der Waals surface area (Å²) < 4.78 is 5.10. The average molecular weight is 249 g/mol. The minimum atomic E-state index is -0.460. The zero-order valence-electron chi connectivity index (χ0n) is 10.3. The van der Waals surface area contributed by atoms with E-state index in [2.05, 4.69) is 5.32 Å². The second-order valence-electron chi connectivity index (χ2n) is 4.76. The zero-order chi connectivity index (χ0) is 12.8. The Bertz CT molecular complexity index is 376. The van der Waals surface area contributed by atoms with E-state index >= 15 is 0 Å². The molecule has 2 N–H and O–H groups in total. The van der Waals surface area contributed by atoms with Crippen LogP contribution in [-0.2, 0) is 11.3 Å². The standard InChI is InChI=1S/C14H19NO3/c16-9-13(8-11-6-7-11)15-14(17)18-10-12-4-2-1-3-5-12/h1-5,11,13,16H,6-10H2,(H,15,17). The molecule has 2 rings (SSSR count). The second kappa shape index (κ2) is 6.40. The summed E-state index contributed by atoms with van der Waals surface area (Å²) in [4.78, 5) is 11.5. The number of rotatable bonds is 6. The third-order valence-corrected chi connectivity index (χ3v) is 3.07. The number of alkyl carbamates (subject to hydrolysis) is 1. The molecule has 1 saturated carbocycles. The van der Waals surface area contributed by atoms with E-state index < -0.39 is 6.09 Å². The van der Waals surface area contributed by atoms with Crippen LogP contribution in [0.25, 0.3) is 0 Å². The normalized spacial score (nSPS) is 16.1. The largest absolute Gasteiger partial charge is 0.445 e. The molecule has 1 unspecified atom stereocenters. The average Bonchev–Trinajstić information content (AvgIpc) is 3.21. The van der Waals surface area contributed by atoms with Crippen molar-refractivity contribution < 1.29 is 14.6 Å². The number of ether oxygens (including phenoxy) is 1. The number of hydrogen-bond acceptors (Lipinski definition) is 3. The highest BCUT2D eigenvalue weighted by Crippen LogP contribution is 2.33. The van der Waals surface area contributed by atoms with Crippen molar-refractivity contribution in [1.29, 1.82) is 0 Å². The second-order valence-corrected chi connectivity index (χ2v) is 4.76. The van der Waals surface area contributed by atoms with Gasteiger partial charge in [-0.15, -0.1) is 0 Å². The Labute approximate surface area is 107 Å². The molecule has 1 aromatic carbocycles. The first kappa shape index (κ1) is 12.9. The first-order chi connectivity index (χ1) is 8.78. The first-order valence-corrected chi connectivity index (χ1v) is 6.36. The number of carbonyl (C=O) groups is 1. The van der Waals surface area contributed by atoms with Crippen molar-refractivity contribution in [2.24, 2.45) is 5.92 Å². The van der Waals surface area contributed by atoms with Crippen molar-refractivity contribution >= 4 is 6.09 Å². The maximum atomic E-state index is 11.5. The topological polar surface area (TPSA) is 58.6 Å². The number of nitrogens with one attached hydrogen (secondary N) is 1. The third-order valence-electron chi connectivity index (χ3n) is 3.07. The predicted molar refractivity (Wildman–Crippen MR) is 68.0 cm³/mol. The van der Waals surface area contributed by atoms with Crippen molar-refractivity contribution in [3.8, 4) is 0 Å². The Hall–Kier alpha value is -1.55. The fourth-order valence-electron chi connectivity index (χ4n) is 1.87. The van der Waals surface area contributed by atoms with Crippen molar-refractivity contribution in [3.05, 3.63) is 35.9 Å². The van der Waals surface area contributed by atoms with Crippen molar-refractivity contribution in [2.45, 2.75) is 31.9 Å². The molecule has 4 nitrogen and oxygen atoms in total. The van der Waals surface area contributed by atoms with Gasteiger partial charge in [0.1, 0.15) is 6.61 Å². The number of hydrogen-bond donors (Lipinski definition) is 2. The summed E-state index contributed by atoms with van der Waals surface area (Å²) in [6.45, 7) is 0.227. The van der Waals surface area contributed by atoms with E-state index in [4.69, 9.17) is 9.84 Å². The maximum Gasteiger partial charge on any atom is 0.407 e. The molecule has 4 heteroatoms. The quantitative estimate of drug-likeness (QED) is 0.811. The van der Waals surface area contributed by atoms with Gasteiger partial charge in [-0.2, -0.15) is 0 Å². The van der Waals surface area contributed by atoms with Gasteiger partial charge in [-0.25, -0.2) is 4.79 Å². The molecule has 18 heavy (non-hydrogen) atoms. The predicted octanol–water partition coefficient (Wildman–Crippen LogP) is 2.07. The minimum Gasteiger partial charge on any atom is -0.445 e. The molecule has 0 saturated heterocycles. The van der Waals surface area contributed by atoms with Crippen LogP contribution in [0.2, 0.25) is 0 Å². The Morgan fingerprint density at radius 3 is 2.72 bits per heavy atom. The molecule has 1 fully saturated rings. The molecule has 0 aliphatic heterocycles. The molecular weight excluding hydrogens is 230 g/mol. The molecule has 0 heterocycles. The lowest BCUT2D eigenvalue weighted by atomic mass is 10.1. The van der Waals surface area contributed by atoms with Crippen molar-refractivity contribution in [1.82, 2.24) is 5.32 Å².